The number of nitrogens with zero attached hydrogens (tertiary/aromatic N) is 1. The van der Waals surface area contributed by atoms with E-state index in [0.717, 1.165) is 6.42 Å². The second kappa shape index (κ2) is 9.52. The predicted octanol–water partition coefficient (Wildman–Crippen LogP) is 6.20. The van der Waals surface area contributed by atoms with Crippen LogP contribution in [0.15, 0.2) is 5.38 Å². The third-order valence-corrected chi connectivity index (χ3v) is 16.6. The van der Waals surface area contributed by atoms with Crippen LogP contribution in [0.1, 0.15) is 58.9 Å². The summed E-state index contributed by atoms with van der Waals surface area (Å²) >= 11 is -0.0959. The second-order valence-electron chi connectivity index (χ2n) is 8.69. The van der Waals surface area contributed by atoms with Gasteiger partial charge in [-0.3, -0.25) is 0 Å². The van der Waals surface area contributed by atoms with Crippen LogP contribution in [0.3, 0.4) is 0 Å². The van der Waals surface area contributed by atoms with Gasteiger partial charge in [0.05, 0.1) is 0 Å². The molecule has 0 fully saturated rings. The number of rotatable bonds is 11. The summed E-state index contributed by atoms with van der Waals surface area (Å²) in [6.07, 6.45) is 4.78. The summed E-state index contributed by atoms with van der Waals surface area (Å²) in [5.74, 6) is 0. The Bertz CT molecular complexity index is 484. The van der Waals surface area contributed by atoms with Gasteiger partial charge in [0.25, 0.3) is 0 Å². The molecule has 0 saturated heterocycles. The molecule has 1 rings (SSSR count). The fourth-order valence-corrected chi connectivity index (χ4v) is 12.6. The molecule has 2 nitrogen and oxygen atoms in total. The molecule has 0 saturated carbocycles. The van der Waals surface area contributed by atoms with Crippen molar-refractivity contribution in [2.45, 2.75) is 98.9 Å². The normalized spacial score (nSPS) is 13.5. The number of hydrogen-bond acceptors (Lipinski definition) is 3. The van der Waals surface area contributed by atoms with Crippen LogP contribution >= 0.6 is 11.3 Å². The van der Waals surface area contributed by atoms with Gasteiger partial charge in [0.15, 0.2) is 0 Å². The summed E-state index contributed by atoms with van der Waals surface area (Å²) in [5.41, 5.74) is 0.0319. The summed E-state index contributed by atoms with van der Waals surface area (Å²) < 4.78 is 8.15. The maximum absolute atomic E-state index is 6.71. The molecule has 0 amide bonds. The van der Waals surface area contributed by atoms with Crippen molar-refractivity contribution in [3.05, 3.63) is 10.4 Å². The molecule has 0 aliphatic carbocycles. The Hall–Kier alpha value is 0.606. The maximum atomic E-state index is 6.71. The summed E-state index contributed by atoms with van der Waals surface area (Å²) in [6.45, 7) is 11.5. The number of unbranched alkanes of at least 4 members (excludes halogenated alkanes) is 1. The molecule has 1 aromatic rings. The van der Waals surface area contributed by atoms with Crippen LogP contribution < -0.4 is 3.71 Å². The molecule has 0 spiro atoms. The van der Waals surface area contributed by atoms with E-state index in [0.29, 0.717) is 0 Å². The third kappa shape index (κ3) is 7.08. The van der Waals surface area contributed by atoms with Crippen LogP contribution in [0.25, 0.3) is 0 Å². The van der Waals surface area contributed by atoms with Gasteiger partial charge in [-0.1, -0.05) is 0 Å². The molecule has 0 aliphatic heterocycles. The van der Waals surface area contributed by atoms with E-state index in [1.165, 1.54) is 46.1 Å². The van der Waals surface area contributed by atoms with Crippen molar-refractivity contribution in [2.24, 2.45) is 0 Å². The zero-order valence-electron chi connectivity index (χ0n) is 17.3. The quantitative estimate of drug-likeness (QED) is 0.280. The molecule has 0 unspecified atom stereocenters. The van der Waals surface area contributed by atoms with Crippen molar-refractivity contribution in [3.8, 4) is 0 Å². The van der Waals surface area contributed by atoms with Crippen molar-refractivity contribution in [1.82, 2.24) is 4.98 Å². The van der Waals surface area contributed by atoms with Crippen molar-refractivity contribution < 1.29 is 4.43 Å². The minimum absolute atomic E-state index is 0.0319. The van der Waals surface area contributed by atoms with Crippen LogP contribution in [0.4, 0.5) is 0 Å². The first-order valence-corrected chi connectivity index (χ1v) is 23.1. The van der Waals surface area contributed by atoms with Gasteiger partial charge in [-0.05, 0) is 0 Å². The fraction of sp³-hybridized carbons (Fsp3) is 0.842. The van der Waals surface area contributed by atoms with E-state index in [1.54, 1.807) is 0 Å². The van der Waals surface area contributed by atoms with Crippen LogP contribution in [-0.2, 0) is 10.8 Å². The monoisotopic (exact) mass is 477 g/mol. The first-order chi connectivity index (χ1) is 11.1. The van der Waals surface area contributed by atoms with Gasteiger partial charge >= 0.3 is 160 Å². The molecule has 0 aromatic carbocycles. The van der Waals surface area contributed by atoms with Crippen molar-refractivity contribution in [2.75, 3.05) is 0 Å². The van der Waals surface area contributed by atoms with E-state index >= 15 is 0 Å². The topological polar surface area (TPSA) is 22.1 Å². The second-order valence-corrected chi connectivity index (χ2v) is 28.6. The summed E-state index contributed by atoms with van der Waals surface area (Å²) in [4.78, 5) is 12.2. The Morgan fingerprint density at radius 3 is 2.12 bits per heavy atom. The Labute approximate surface area is 159 Å². The first kappa shape index (κ1) is 22.6. The molecular weight excluding hydrogens is 437 g/mol. The number of aromatic nitrogens is 1. The SMILES string of the molecule is CC[Si](CC)(CC)OC(C)(C)CCCCc1n[c]([Sn]([CH3])([CH3])[CH3])cs1. The van der Waals surface area contributed by atoms with Crippen LogP contribution in [0.2, 0.25) is 33.0 Å². The van der Waals surface area contributed by atoms with Crippen LogP contribution in [0.5, 0.6) is 0 Å². The molecule has 140 valence electrons. The molecule has 5 heteroatoms. The number of aryl methyl sites for hydroxylation is 1. The van der Waals surface area contributed by atoms with E-state index in [-0.39, 0.29) is 5.60 Å². The van der Waals surface area contributed by atoms with Gasteiger partial charge in [0.2, 0.25) is 0 Å². The first-order valence-electron chi connectivity index (χ1n) is 9.72. The standard InChI is InChI=1S/C16H30NOSSi.3CH3.Sn/c1-6-20(7-2,8-3)18-16(4,5)12-10-9-11-15-17-13-14-19-15;;;;/h14H,6-12H2,1-5H3;3*1H3;. The molecule has 0 atom stereocenters. The third-order valence-electron chi connectivity index (χ3n) is 5.17. The Morgan fingerprint density at radius 2 is 1.67 bits per heavy atom. The molecule has 1 aromatic heterocycles. The van der Waals surface area contributed by atoms with Crippen molar-refractivity contribution >= 4 is 41.7 Å². The molecule has 1 heterocycles. The van der Waals surface area contributed by atoms with Crippen LogP contribution in [0, 0.1) is 0 Å². The van der Waals surface area contributed by atoms with Gasteiger partial charge in [0, 0.05) is 0 Å². The molecule has 0 N–H and O–H groups in total. The average molecular weight is 476 g/mol. The fourth-order valence-electron chi connectivity index (χ4n) is 3.20. The van der Waals surface area contributed by atoms with Crippen molar-refractivity contribution in [3.63, 3.8) is 0 Å². The van der Waals surface area contributed by atoms with E-state index in [4.69, 9.17) is 9.41 Å². The predicted molar refractivity (Wildman–Crippen MR) is 115 cm³/mol. The minimum atomic E-state index is -1.97. The zero-order chi connectivity index (χ0) is 18.4. The molecular formula is C19H39NOSSiSn. The zero-order valence-corrected chi connectivity index (χ0v) is 22.0. The average Bonchev–Trinajstić information content (AvgIpc) is 2.98. The number of hydrogen-bond donors (Lipinski definition) is 0. The van der Waals surface area contributed by atoms with Gasteiger partial charge in [0.1, 0.15) is 0 Å². The van der Waals surface area contributed by atoms with E-state index in [2.05, 4.69) is 54.8 Å². The summed E-state index contributed by atoms with van der Waals surface area (Å²) in [7, 11) is -1.50. The summed E-state index contributed by atoms with van der Waals surface area (Å²) in [6, 6.07) is 3.72. The van der Waals surface area contributed by atoms with Gasteiger partial charge in [-0.15, -0.1) is 0 Å². The van der Waals surface area contributed by atoms with Gasteiger partial charge in [-0.25, -0.2) is 0 Å². The van der Waals surface area contributed by atoms with E-state index in [9.17, 15) is 0 Å². The van der Waals surface area contributed by atoms with Crippen molar-refractivity contribution in [1.29, 1.82) is 0 Å². The molecule has 24 heavy (non-hydrogen) atoms. The van der Waals surface area contributed by atoms with Crippen LogP contribution in [-0.4, -0.2) is 37.3 Å². The Kier molecular flexibility index (Phi) is 8.98. The Morgan fingerprint density at radius 1 is 1.08 bits per heavy atom. The number of thiazole rings is 1. The van der Waals surface area contributed by atoms with E-state index < -0.39 is 26.7 Å². The molecule has 0 bridgehead atoms. The van der Waals surface area contributed by atoms with Gasteiger partial charge < -0.3 is 0 Å². The van der Waals surface area contributed by atoms with Gasteiger partial charge in [-0.2, -0.15) is 0 Å². The molecule has 0 aliphatic rings. The van der Waals surface area contributed by atoms with E-state index in [1.807, 2.05) is 11.3 Å². The summed E-state index contributed by atoms with van der Waals surface area (Å²) in [5, 5.41) is 3.66. The molecule has 0 radical (unpaired) electrons. The Balaban J connectivity index is 2.44.